The number of para-hydroxylation sites is 1. The van der Waals surface area contributed by atoms with Crippen molar-refractivity contribution in [1.82, 2.24) is 14.9 Å². The molecule has 7 nitrogen and oxygen atoms in total. The molecule has 2 rings (SSSR count). The second kappa shape index (κ2) is 6.84. The SMILES string of the molecule is COC(=O)CNC(=O)CCn1cnc2c(C)cccc2c1=O. The highest BCUT2D eigenvalue weighted by atomic mass is 16.5. The fourth-order valence-electron chi connectivity index (χ4n) is 2.05. The fraction of sp³-hybridized carbons (Fsp3) is 0.333. The van der Waals surface area contributed by atoms with Crippen molar-refractivity contribution < 1.29 is 14.3 Å². The highest BCUT2D eigenvalue weighted by Crippen LogP contribution is 2.11. The number of methoxy groups -OCH3 is 1. The number of esters is 1. The molecule has 1 aromatic heterocycles. The van der Waals surface area contributed by atoms with E-state index in [1.54, 1.807) is 12.1 Å². The summed E-state index contributed by atoms with van der Waals surface area (Å²) in [7, 11) is 1.25. The Bertz CT molecular complexity index is 767. The average Bonchev–Trinajstić information content (AvgIpc) is 2.52. The number of aromatic nitrogens is 2. The molecule has 0 atom stereocenters. The summed E-state index contributed by atoms with van der Waals surface area (Å²) in [5, 5.41) is 2.95. The van der Waals surface area contributed by atoms with Gasteiger partial charge in [-0.25, -0.2) is 4.98 Å². The van der Waals surface area contributed by atoms with Gasteiger partial charge < -0.3 is 10.1 Å². The summed E-state index contributed by atoms with van der Waals surface area (Å²) >= 11 is 0. The molecule has 0 aliphatic rings. The van der Waals surface area contributed by atoms with E-state index in [0.717, 1.165) is 5.56 Å². The Labute approximate surface area is 126 Å². The van der Waals surface area contributed by atoms with Crippen molar-refractivity contribution >= 4 is 22.8 Å². The van der Waals surface area contributed by atoms with Crippen LogP contribution in [0.2, 0.25) is 0 Å². The number of nitrogens with zero attached hydrogens (tertiary/aromatic N) is 2. The molecule has 1 heterocycles. The van der Waals surface area contributed by atoms with Gasteiger partial charge in [-0.15, -0.1) is 0 Å². The lowest BCUT2D eigenvalue weighted by Gasteiger charge is -2.08. The van der Waals surface area contributed by atoms with E-state index in [0.29, 0.717) is 10.9 Å². The van der Waals surface area contributed by atoms with Gasteiger partial charge in [-0.1, -0.05) is 12.1 Å². The summed E-state index contributed by atoms with van der Waals surface area (Å²) in [5.41, 5.74) is 1.41. The van der Waals surface area contributed by atoms with E-state index in [4.69, 9.17) is 0 Å². The Morgan fingerprint density at radius 2 is 2.14 bits per heavy atom. The monoisotopic (exact) mass is 303 g/mol. The van der Waals surface area contributed by atoms with E-state index >= 15 is 0 Å². The van der Waals surface area contributed by atoms with Gasteiger partial charge in [0.15, 0.2) is 0 Å². The normalized spacial score (nSPS) is 10.5. The van der Waals surface area contributed by atoms with Crippen molar-refractivity contribution in [3.05, 3.63) is 40.4 Å². The highest BCUT2D eigenvalue weighted by Gasteiger charge is 2.09. The molecule has 0 saturated heterocycles. The number of hydrogen-bond acceptors (Lipinski definition) is 5. The lowest BCUT2D eigenvalue weighted by molar-refractivity contribution is -0.141. The molecule has 22 heavy (non-hydrogen) atoms. The fourth-order valence-corrected chi connectivity index (χ4v) is 2.05. The van der Waals surface area contributed by atoms with Crippen LogP contribution in [0.25, 0.3) is 10.9 Å². The van der Waals surface area contributed by atoms with E-state index in [-0.39, 0.29) is 31.0 Å². The van der Waals surface area contributed by atoms with Gasteiger partial charge in [-0.05, 0) is 18.6 Å². The molecule has 0 unspecified atom stereocenters. The summed E-state index contributed by atoms with van der Waals surface area (Å²) in [6.45, 7) is 1.90. The second-order valence-electron chi connectivity index (χ2n) is 4.82. The van der Waals surface area contributed by atoms with Crippen molar-refractivity contribution in [2.45, 2.75) is 19.9 Å². The Balaban J connectivity index is 2.06. The first-order valence-electron chi connectivity index (χ1n) is 6.81. The van der Waals surface area contributed by atoms with Gasteiger partial charge in [0.2, 0.25) is 5.91 Å². The number of hydrogen-bond donors (Lipinski definition) is 1. The molecular weight excluding hydrogens is 286 g/mol. The van der Waals surface area contributed by atoms with Crippen LogP contribution in [0, 0.1) is 6.92 Å². The number of carbonyl (C=O) groups is 2. The van der Waals surface area contributed by atoms with Gasteiger partial charge in [0.05, 0.1) is 24.3 Å². The predicted molar refractivity (Wildman–Crippen MR) is 80.4 cm³/mol. The highest BCUT2D eigenvalue weighted by molar-refractivity contribution is 5.82. The van der Waals surface area contributed by atoms with E-state index in [1.165, 1.54) is 18.0 Å². The Morgan fingerprint density at radius 1 is 1.36 bits per heavy atom. The number of ether oxygens (including phenoxy) is 1. The molecule has 0 radical (unpaired) electrons. The van der Waals surface area contributed by atoms with Crippen molar-refractivity contribution in [3.8, 4) is 0 Å². The van der Waals surface area contributed by atoms with Crippen molar-refractivity contribution in [1.29, 1.82) is 0 Å². The smallest absolute Gasteiger partial charge is 0.325 e. The lowest BCUT2D eigenvalue weighted by Crippen LogP contribution is -2.31. The minimum atomic E-state index is -0.520. The number of benzene rings is 1. The van der Waals surface area contributed by atoms with Crippen molar-refractivity contribution in [2.75, 3.05) is 13.7 Å². The molecule has 2 aromatic rings. The molecule has 7 heteroatoms. The number of amides is 1. The van der Waals surface area contributed by atoms with E-state index in [2.05, 4.69) is 15.0 Å². The van der Waals surface area contributed by atoms with Gasteiger partial charge in [-0.2, -0.15) is 0 Å². The molecule has 116 valence electrons. The number of aryl methyl sites for hydroxylation is 2. The second-order valence-corrected chi connectivity index (χ2v) is 4.82. The zero-order chi connectivity index (χ0) is 16.1. The topological polar surface area (TPSA) is 90.3 Å². The first-order chi connectivity index (χ1) is 10.5. The van der Waals surface area contributed by atoms with Crippen LogP contribution >= 0.6 is 0 Å². The third kappa shape index (κ3) is 3.49. The standard InChI is InChI=1S/C15H17N3O4/c1-10-4-3-5-11-14(10)17-9-18(15(11)21)7-6-12(19)16-8-13(20)22-2/h3-5,9H,6-8H2,1-2H3,(H,16,19). The number of carbonyl (C=O) groups excluding carboxylic acids is 2. The zero-order valence-electron chi connectivity index (χ0n) is 12.5. The van der Waals surface area contributed by atoms with Crippen LogP contribution < -0.4 is 10.9 Å². The van der Waals surface area contributed by atoms with Crippen molar-refractivity contribution in [2.24, 2.45) is 0 Å². The van der Waals surface area contributed by atoms with Crippen LogP contribution in [0.1, 0.15) is 12.0 Å². The molecule has 1 amide bonds. The molecule has 0 bridgehead atoms. The summed E-state index contributed by atoms with van der Waals surface area (Å²) in [6.07, 6.45) is 1.52. The van der Waals surface area contributed by atoms with Gasteiger partial charge >= 0.3 is 5.97 Å². The molecular formula is C15H17N3O4. The summed E-state index contributed by atoms with van der Waals surface area (Å²) < 4.78 is 5.81. The largest absolute Gasteiger partial charge is 0.468 e. The first kappa shape index (κ1) is 15.7. The summed E-state index contributed by atoms with van der Waals surface area (Å²) in [6, 6.07) is 5.40. The first-order valence-corrected chi connectivity index (χ1v) is 6.81. The summed E-state index contributed by atoms with van der Waals surface area (Å²) in [4.78, 5) is 39.1. The minimum Gasteiger partial charge on any atom is -0.468 e. The van der Waals surface area contributed by atoms with Gasteiger partial charge in [-0.3, -0.25) is 19.0 Å². The molecule has 0 aliphatic carbocycles. The predicted octanol–water partition coefficient (Wildman–Crippen LogP) is 0.384. The van der Waals surface area contributed by atoms with E-state index in [9.17, 15) is 14.4 Å². The molecule has 0 aliphatic heterocycles. The molecule has 1 aromatic carbocycles. The molecule has 0 spiro atoms. The average molecular weight is 303 g/mol. The third-order valence-corrected chi connectivity index (χ3v) is 3.29. The van der Waals surface area contributed by atoms with Gasteiger partial charge in [0.25, 0.3) is 5.56 Å². The number of nitrogens with one attached hydrogen (secondary N) is 1. The van der Waals surface area contributed by atoms with Crippen LogP contribution in [0.3, 0.4) is 0 Å². The molecule has 1 N–H and O–H groups in total. The van der Waals surface area contributed by atoms with E-state index in [1.807, 2.05) is 13.0 Å². The Kier molecular flexibility index (Phi) is 4.88. The maximum Gasteiger partial charge on any atom is 0.325 e. The number of rotatable bonds is 5. The quantitative estimate of drug-likeness (QED) is 0.807. The van der Waals surface area contributed by atoms with Gasteiger partial charge in [0.1, 0.15) is 6.54 Å². The minimum absolute atomic E-state index is 0.0793. The van der Waals surface area contributed by atoms with Crippen molar-refractivity contribution in [3.63, 3.8) is 0 Å². The van der Waals surface area contributed by atoms with Crippen LogP contribution in [0.5, 0.6) is 0 Å². The lowest BCUT2D eigenvalue weighted by atomic mass is 10.1. The summed E-state index contributed by atoms with van der Waals surface area (Å²) in [5.74, 6) is -0.852. The van der Waals surface area contributed by atoms with E-state index < -0.39 is 5.97 Å². The van der Waals surface area contributed by atoms with Crippen LogP contribution in [0.4, 0.5) is 0 Å². The Hall–Kier alpha value is -2.70. The molecule has 0 fully saturated rings. The van der Waals surface area contributed by atoms with Crippen LogP contribution in [-0.2, 0) is 20.9 Å². The maximum absolute atomic E-state index is 12.3. The number of fused-ring (bicyclic) bond motifs is 1. The van der Waals surface area contributed by atoms with Crippen LogP contribution in [-0.4, -0.2) is 35.1 Å². The zero-order valence-corrected chi connectivity index (χ0v) is 12.5. The third-order valence-electron chi connectivity index (χ3n) is 3.29. The van der Waals surface area contributed by atoms with Crippen LogP contribution in [0.15, 0.2) is 29.3 Å². The Morgan fingerprint density at radius 3 is 2.86 bits per heavy atom. The molecule has 0 saturated carbocycles. The van der Waals surface area contributed by atoms with Gasteiger partial charge in [0, 0.05) is 13.0 Å². The maximum atomic E-state index is 12.3.